The third kappa shape index (κ3) is 3.61. The molecule has 0 saturated heterocycles. The number of halogens is 2. The van der Waals surface area contributed by atoms with E-state index in [4.69, 9.17) is 5.11 Å². The Morgan fingerprint density at radius 1 is 1.36 bits per heavy atom. The summed E-state index contributed by atoms with van der Waals surface area (Å²) in [6.45, 7) is 3.50. The first-order chi connectivity index (χ1) is 10.3. The largest absolute Gasteiger partial charge is 0.481 e. The average molecular weight is 311 g/mol. The number of carbonyl (C=O) groups excluding carboxylic acids is 1. The molecule has 0 spiro atoms. The first-order valence-electron chi connectivity index (χ1n) is 7.24. The van der Waals surface area contributed by atoms with Gasteiger partial charge in [0.15, 0.2) is 11.6 Å². The molecule has 2 N–H and O–H groups in total. The lowest BCUT2D eigenvalue weighted by molar-refractivity contribution is -0.139. The molecule has 0 aliphatic heterocycles. The first kappa shape index (κ1) is 16.4. The van der Waals surface area contributed by atoms with Crippen molar-refractivity contribution in [2.45, 2.75) is 44.6 Å². The van der Waals surface area contributed by atoms with Crippen molar-refractivity contribution >= 4 is 11.9 Å². The molecule has 0 radical (unpaired) electrons. The predicted molar refractivity (Wildman–Crippen MR) is 76.3 cm³/mol. The summed E-state index contributed by atoms with van der Waals surface area (Å²) in [6, 6.07) is 3.65. The van der Waals surface area contributed by atoms with E-state index in [1.807, 2.05) is 6.92 Å². The van der Waals surface area contributed by atoms with Crippen LogP contribution in [0.1, 0.15) is 44.6 Å². The molecular formula is C16H19F2NO3. The maximum absolute atomic E-state index is 13.2. The summed E-state index contributed by atoms with van der Waals surface area (Å²) in [6.07, 6.45) is 0.898. The average Bonchev–Trinajstić information content (AvgIpc) is 3.21. The van der Waals surface area contributed by atoms with Gasteiger partial charge in [0.2, 0.25) is 5.91 Å². The van der Waals surface area contributed by atoms with Gasteiger partial charge in [-0.25, -0.2) is 8.78 Å². The number of amides is 1. The maximum atomic E-state index is 13.2. The molecule has 3 atom stereocenters. The smallest absolute Gasteiger partial charge is 0.305 e. The highest BCUT2D eigenvalue weighted by Gasteiger charge is 2.45. The molecule has 1 aromatic rings. The highest BCUT2D eigenvalue weighted by atomic mass is 19.2. The fourth-order valence-electron chi connectivity index (χ4n) is 2.58. The second-order valence-electron chi connectivity index (χ2n) is 6.10. The van der Waals surface area contributed by atoms with Crippen LogP contribution in [0.2, 0.25) is 0 Å². The zero-order valence-electron chi connectivity index (χ0n) is 12.5. The van der Waals surface area contributed by atoms with Crippen LogP contribution in [0.3, 0.4) is 0 Å². The van der Waals surface area contributed by atoms with Crippen molar-refractivity contribution in [1.82, 2.24) is 5.32 Å². The van der Waals surface area contributed by atoms with Gasteiger partial charge in [0.25, 0.3) is 0 Å². The molecule has 2 rings (SSSR count). The number of hydrogen-bond acceptors (Lipinski definition) is 2. The number of rotatable bonds is 6. The number of carboxylic acid groups (broad SMARTS) is 1. The van der Waals surface area contributed by atoms with E-state index >= 15 is 0 Å². The number of carboxylic acids is 1. The zero-order valence-corrected chi connectivity index (χ0v) is 12.5. The minimum absolute atomic E-state index is 0.138. The van der Waals surface area contributed by atoms with Gasteiger partial charge in [-0.3, -0.25) is 9.59 Å². The third-order valence-corrected chi connectivity index (χ3v) is 4.25. The van der Waals surface area contributed by atoms with Crippen molar-refractivity contribution in [2.75, 3.05) is 0 Å². The van der Waals surface area contributed by atoms with Crippen molar-refractivity contribution in [2.24, 2.45) is 5.92 Å². The Kier molecular flexibility index (Phi) is 4.49. The minimum Gasteiger partial charge on any atom is -0.481 e. The number of carbonyl (C=O) groups is 2. The van der Waals surface area contributed by atoms with Crippen LogP contribution in [0.25, 0.3) is 0 Å². The lowest BCUT2D eigenvalue weighted by atomic mass is 9.94. The topological polar surface area (TPSA) is 66.4 Å². The van der Waals surface area contributed by atoms with Crippen molar-refractivity contribution in [3.8, 4) is 0 Å². The Morgan fingerprint density at radius 3 is 2.59 bits per heavy atom. The van der Waals surface area contributed by atoms with Gasteiger partial charge in [-0.2, -0.15) is 0 Å². The lowest BCUT2D eigenvalue weighted by Crippen LogP contribution is -2.47. The van der Waals surface area contributed by atoms with E-state index in [1.165, 1.54) is 6.07 Å². The fraction of sp³-hybridized carbons (Fsp3) is 0.500. The summed E-state index contributed by atoms with van der Waals surface area (Å²) in [4.78, 5) is 23.1. The van der Waals surface area contributed by atoms with Crippen LogP contribution in [-0.2, 0) is 9.59 Å². The second-order valence-corrected chi connectivity index (χ2v) is 6.10. The minimum atomic E-state index is -0.974. The first-order valence-corrected chi connectivity index (χ1v) is 7.24. The highest BCUT2D eigenvalue weighted by Crippen LogP contribution is 2.48. The van der Waals surface area contributed by atoms with Gasteiger partial charge < -0.3 is 10.4 Å². The van der Waals surface area contributed by atoms with E-state index in [1.54, 1.807) is 6.92 Å². The summed E-state index contributed by atoms with van der Waals surface area (Å²) in [7, 11) is 0. The van der Waals surface area contributed by atoms with E-state index in [0.29, 0.717) is 18.4 Å². The molecule has 1 aliphatic rings. The third-order valence-electron chi connectivity index (χ3n) is 4.25. The van der Waals surface area contributed by atoms with E-state index in [-0.39, 0.29) is 24.2 Å². The number of nitrogens with one attached hydrogen (secondary N) is 1. The van der Waals surface area contributed by atoms with E-state index in [9.17, 15) is 18.4 Å². The molecule has 0 bridgehead atoms. The maximum Gasteiger partial charge on any atom is 0.305 e. The van der Waals surface area contributed by atoms with Crippen LogP contribution in [-0.4, -0.2) is 22.5 Å². The molecular weight excluding hydrogens is 292 g/mol. The molecule has 1 aliphatic carbocycles. The van der Waals surface area contributed by atoms with Crippen LogP contribution in [0.5, 0.6) is 0 Å². The monoisotopic (exact) mass is 311 g/mol. The van der Waals surface area contributed by atoms with Gasteiger partial charge in [-0.1, -0.05) is 13.0 Å². The number of aliphatic carboxylic acids is 1. The van der Waals surface area contributed by atoms with Crippen molar-refractivity contribution in [3.63, 3.8) is 0 Å². The summed E-state index contributed by atoms with van der Waals surface area (Å²) in [5, 5.41) is 11.7. The SMILES string of the molecule is CCC(C)(CC(=O)O)NC(=O)C1CC1c1ccc(F)c(F)c1. The molecule has 1 aromatic carbocycles. The molecule has 1 saturated carbocycles. The lowest BCUT2D eigenvalue weighted by Gasteiger charge is -2.28. The van der Waals surface area contributed by atoms with Crippen LogP contribution < -0.4 is 5.32 Å². The Balaban J connectivity index is 2.00. The molecule has 1 amide bonds. The quantitative estimate of drug-likeness (QED) is 0.849. The van der Waals surface area contributed by atoms with Gasteiger partial charge in [0, 0.05) is 11.5 Å². The standard InChI is InChI=1S/C16H19F2NO3/c1-3-16(2,8-14(20)21)19-15(22)11-7-10(11)9-4-5-12(17)13(18)6-9/h4-6,10-11H,3,7-8H2,1-2H3,(H,19,22)(H,20,21). The van der Waals surface area contributed by atoms with Gasteiger partial charge in [-0.15, -0.1) is 0 Å². The van der Waals surface area contributed by atoms with Gasteiger partial charge in [0.05, 0.1) is 6.42 Å². The Morgan fingerprint density at radius 2 is 2.05 bits per heavy atom. The molecule has 6 heteroatoms. The number of hydrogen-bond donors (Lipinski definition) is 2. The molecule has 120 valence electrons. The van der Waals surface area contributed by atoms with Crippen LogP contribution in [0, 0.1) is 17.6 Å². The zero-order chi connectivity index (χ0) is 16.5. The second kappa shape index (κ2) is 6.02. The summed E-state index contributed by atoms with van der Waals surface area (Å²) < 4.78 is 26.1. The molecule has 0 heterocycles. The summed E-state index contributed by atoms with van der Waals surface area (Å²) in [5.41, 5.74) is -0.208. The van der Waals surface area contributed by atoms with E-state index in [2.05, 4.69) is 5.32 Å². The summed E-state index contributed by atoms with van der Waals surface area (Å²) >= 11 is 0. The molecule has 1 fully saturated rings. The number of benzene rings is 1. The fourth-order valence-corrected chi connectivity index (χ4v) is 2.58. The van der Waals surface area contributed by atoms with Gasteiger partial charge in [-0.05, 0) is 43.4 Å². The van der Waals surface area contributed by atoms with Crippen molar-refractivity contribution in [1.29, 1.82) is 0 Å². The van der Waals surface area contributed by atoms with Crippen LogP contribution in [0.4, 0.5) is 8.78 Å². The van der Waals surface area contributed by atoms with Crippen LogP contribution >= 0.6 is 0 Å². The normalized spacial score (nSPS) is 22.7. The van der Waals surface area contributed by atoms with E-state index < -0.39 is 23.1 Å². The van der Waals surface area contributed by atoms with Gasteiger partial charge in [0.1, 0.15) is 0 Å². The molecule has 0 aromatic heterocycles. The summed E-state index contributed by atoms with van der Waals surface area (Å²) in [5.74, 6) is -3.50. The van der Waals surface area contributed by atoms with Crippen LogP contribution in [0.15, 0.2) is 18.2 Å². The Hall–Kier alpha value is -1.98. The molecule has 22 heavy (non-hydrogen) atoms. The highest BCUT2D eigenvalue weighted by molar-refractivity contribution is 5.84. The molecule has 3 unspecified atom stereocenters. The van der Waals surface area contributed by atoms with Crippen molar-refractivity contribution < 1.29 is 23.5 Å². The van der Waals surface area contributed by atoms with E-state index in [0.717, 1.165) is 12.1 Å². The predicted octanol–water partition coefficient (Wildman–Crippen LogP) is 2.83. The van der Waals surface area contributed by atoms with Crippen molar-refractivity contribution in [3.05, 3.63) is 35.4 Å². The van der Waals surface area contributed by atoms with Gasteiger partial charge >= 0.3 is 5.97 Å². The molecule has 4 nitrogen and oxygen atoms in total. The Bertz CT molecular complexity index is 605. The Labute approximate surface area is 127 Å².